The Bertz CT molecular complexity index is 3450. The van der Waals surface area contributed by atoms with Crippen LogP contribution in [0.15, 0.2) is 227 Å². The average molecular weight is 781 g/mol. The number of rotatable bonds is 7. The molecular formula is C57H36N2O2. The molecule has 0 atom stereocenters. The van der Waals surface area contributed by atoms with E-state index < -0.39 is 0 Å². The van der Waals surface area contributed by atoms with E-state index in [0.717, 1.165) is 88.3 Å². The molecule has 0 bridgehead atoms. The highest BCUT2D eigenvalue weighted by atomic mass is 16.3. The van der Waals surface area contributed by atoms with Crippen molar-refractivity contribution in [2.24, 2.45) is 0 Å². The van der Waals surface area contributed by atoms with Crippen molar-refractivity contribution < 1.29 is 8.83 Å². The van der Waals surface area contributed by atoms with Crippen molar-refractivity contribution in [3.8, 4) is 44.8 Å². The average Bonchev–Trinajstić information content (AvgIpc) is 3.94. The third kappa shape index (κ3) is 5.96. The lowest BCUT2D eigenvalue weighted by Crippen LogP contribution is -2.09. The largest absolute Gasteiger partial charge is 0.456 e. The molecule has 0 spiro atoms. The molecule has 12 rings (SSSR count). The van der Waals surface area contributed by atoms with E-state index in [0.29, 0.717) is 5.89 Å². The number of hydrogen-bond acceptors (Lipinski definition) is 4. The molecule has 4 nitrogen and oxygen atoms in total. The molecule has 286 valence electrons. The number of nitrogens with zero attached hydrogens (tertiary/aromatic N) is 2. The number of anilines is 3. The van der Waals surface area contributed by atoms with Gasteiger partial charge < -0.3 is 13.7 Å². The molecule has 10 aromatic carbocycles. The van der Waals surface area contributed by atoms with Crippen LogP contribution in [0.1, 0.15) is 0 Å². The number of oxazole rings is 1. The Labute approximate surface area is 352 Å². The van der Waals surface area contributed by atoms with Crippen LogP contribution < -0.4 is 4.90 Å². The molecule has 0 unspecified atom stereocenters. The van der Waals surface area contributed by atoms with E-state index in [9.17, 15) is 0 Å². The van der Waals surface area contributed by atoms with Crippen LogP contribution in [0.25, 0.3) is 99.4 Å². The highest BCUT2D eigenvalue weighted by Crippen LogP contribution is 2.45. The number of para-hydroxylation sites is 2. The quantitative estimate of drug-likeness (QED) is 0.162. The van der Waals surface area contributed by atoms with E-state index in [1.54, 1.807) is 0 Å². The Hall–Kier alpha value is -8.21. The number of furan rings is 1. The number of benzene rings is 10. The van der Waals surface area contributed by atoms with Gasteiger partial charge in [0.2, 0.25) is 5.89 Å². The van der Waals surface area contributed by atoms with Crippen molar-refractivity contribution in [3.05, 3.63) is 218 Å². The summed E-state index contributed by atoms with van der Waals surface area (Å²) in [6.45, 7) is 0. The zero-order chi connectivity index (χ0) is 40.3. The first kappa shape index (κ1) is 34.8. The standard InChI is InChI=1S/C57H36N2O2/c1-3-13-37(14-4-1)39-23-27-41(28-24-39)59(42-29-25-40(26-30-42)38-15-5-2-6-16-38)43-31-34-53-51(35-43)56-48-20-10-9-19-46(48)50(36-55(56)60-53)47-32-33-49(45-18-8-7-17-44(45)47)57-58-52-21-11-12-22-54(52)61-57/h1-36H. The van der Waals surface area contributed by atoms with Crippen molar-refractivity contribution in [2.75, 3.05) is 4.90 Å². The van der Waals surface area contributed by atoms with Gasteiger partial charge >= 0.3 is 0 Å². The Kier molecular flexibility index (Phi) is 8.13. The topological polar surface area (TPSA) is 42.4 Å². The summed E-state index contributed by atoms with van der Waals surface area (Å²) in [5.41, 5.74) is 14.4. The maximum atomic E-state index is 6.79. The van der Waals surface area contributed by atoms with Gasteiger partial charge in [0.1, 0.15) is 16.7 Å². The normalized spacial score (nSPS) is 11.6. The molecule has 2 aromatic heterocycles. The molecule has 0 aliphatic rings. The highest BCUT2D eigenvalue weighted by molar-refractivity contribution is 6.24. The zero-order valence-electron chi connectivity index (χ0n) is 33.0. The first-order chi connectivity index (χ1) is 30.2. The number of hydrogen-bond donors (Lipinski definition) is 0. The van der Waals surface area contributed by atoms with Crippen LogP contribution in [0, 0.1) is 0 Å². The fraction of sp³-hybridized carbons (Fsp3) is 0. The fourth-order valence-electron chi connectivity index (χ4n) is 9.01. The predicted octanol–water partition coefficient (Wildman–Crippen LogP) is 16.2. The van der Waals surface area contributed by atoms with Gasteiger partial charge in [-0.05, 0) is 122 Å². The van der Waals surface area contributed by atoms with Crippen LogP contribution in [0.5, 0.6) is 0 Å². The first-order valence-corrected chi connectivity index (χ1v) is 20.6. The van der Waals surface area contributed by atoms with E-state index in [4.69, 9.17) is 13.8 Å². The van der Waals surface area contributed by atoms with E-state index in [2.05, 4.69) is 199 Å². The monoisotopic (exact) mass is 780 g/mol. The van der Waals surface area contributed by atoms with Crippen LogP contribution in [0.2, 0.25) is 0 Å². The third-order valence-corrected chi connectivity index (χ3v) is 11.9. The van der Waals surface area contributed by atoms with Gasteiger partial charge in [-0.2, -0.15) is 0 Å². The van der Waals surface area contributed by atoms with Crippen LogP contribution in [-0.2, 0) is 0 Å². The third-order valence-electron chi connectivity index (χ3n) is 11.9. The second-order valence-electron chi connectivity index (χ2n) is 15.5. The smallest absolute Gasteiger partial charge is 0.227 e. The molecule has 4 heteroatoms. The molecule has 2 heterocycles. The lowest BCUT2D eigenvalue weighted by Gasteiger charge is -2.26. The Morgan fingerprint density at radius 1 is 0.311 bits per heavy atom. The van der Waals surface area contributed by atoms with Gasteiger partial charge in [-0.15, -0.1) is 0 Å². The molecular weight excluding hydrogens is 745 g/mol. The maximum Gasteiger partial charge on any atom is 0.227 e. The summed E-state index contributed by atoms with van der Waals surface area (Å²) < 4.78 is 13.1. The molecule has 0 aliphatic carbocycles. The minimum absolute atomic E-state index is 0.616. The molecule has 61 heavy (non-hydrogen) atoms. The summed E-state index contributed by atoms with van der Waals surface area (Å²) in [5.74, 6) is 0.616. The summed E-state index contributed by atoms with van der Waals surface area (Å²) in [6, 6.07) is 77.0. The second kappa shape index (κ2) is 14.3. The van der Waals surface area contributed by atoms with Crippen molar-refractivity contribution in [3.63, 3.8) is 0 Å². The van der Waals surface area contributed by atoms with Gasteiger partial charge in [-0.25, -0.2) is 4.98 Å². The number of fused-ring (bicyclic) bond motifs is 7. The fourth-order valence-corrected chi connectivity index (χ4v) is 9.01. The van der Waals surface area contributed by atoms with Crippen LogP contribution in [0.4, 0.5) is 17.1 Å². The maximum absolute atomic E-state index is 6.79. The van der Waals surface area contributed by atoms with Crippen LogP contribution in [0.3, 0.4) is 0 Å². The van der Waals surface area contributed by atoms with Crippen molar-refractivity contribution in [2.45, 2.75) is 0 Å². The molecule has 0 aliphatic heterocycles. The summed E-state index contributed by atoms with van der Waals surface area (Å²) in [5, 5.41) is 6.67. The number of aromatic nitrogens is 1. The molecule has 0 amide bonds. The Morgan fingerprint density at radius 3 is 1.46 bits per heavy atom. The molecule has 0 radical (unpaired) electrons. The predicted molar refractivity (Wildman–Crippen MR) is 253 cm³/mol. The van der Waals surface area contributed by atoms with E-state index in [1.807, 2.05) is 24.3 Å². The van der Waals surface area contributed by atoms with Crippen molar-refractivity contribution in [1.82, 2.24) is 4.98 Å². The Morgan fingerprint density at radius 2 is 0.820 bits per heavy atom. The first-order valence-electron chi connectivity index (χ1n) is 20.6. The summed E-state index contributed by atoms with van der Waals surface area (Å²) in [7, 11) is 0. The minimum atomic E-state index is 0.616. The van der Waals surface area contributed by atoms with E-state index in [1.165, 1.54) is 22.3 Å². The SMILES string of the molecule is c1ccc(-c2ccc(N(c3ccc(-c4ccccc4)cc3)c3ccc4oc5cc(-c6ccc(-c7nc8ccccc8o7)c7ccccc67)c6ccccc6c5c4c3)cc2)cc1. The zero-order valence-corrected chi connectivity index (χ0v) is 33.0. The molecule has 0 saturated carbocycles. The lowest BCUT2D eigenvalue weighted by atomic mass is 9.90. The summed E-state index contributed by atoms with van der Waals surface area (Å²) in [4.78, 5) is 7.19. The van der Waals surface area contributed by atoms with Crippen molar-refractivity contribution in [1.29, 1.82) is 0 Å². The van der Waals surface area contributed by atoms with Gasteiger partial charge in [0.05, 0.1) is 0 Å². The molecule has 0 N–H and O–H groups in total. The van der Waals surface area contributed by atoms with Gasteiger partial charge in [-0.3, -0.25) is 0 Å². The van der Waals surface area contributed by atoms with E-state index >= 15 is 0 Å². The summed E-state index contributed by atoms with van der Waals surface area (Å²) in [6.07, 6.45) is 0. The van der Waals surface area contributed by atoms with Crippen LogP contribution in [-0.4, -0.2) is 4.98 Å². The Balaban J connectivity index is 1.01. The lowest BCUT2D eigenvalue weighted by molar-refractivity contribution is 0.620. The highest BCUT2D eigenvalue weighted by Gasteiger charge is 2.21. The van der Waals surface area contributed by atoms with Gasteiger partial charge in [0, 0.05) is 33.4 Å². The summed E-state index contributed by atoms with van der Waals surface area (Å²) >= 11 is 0. The van der Waals surface area contributed by atoms with Gasteiger partial charge in [-0.1, -0.05) is 152 Å². The van der Waals surface area contributed by atoms with Crippen molar-refractivity contribution >= 4 is 71.6 Å². The second-order valence-corrected chi connectivity index (χ2v) is 15.5. The molecule has 0 saturated heterocycles. The minimum Gasteiger partial charge on any atom is -0.456 e. The van der Waals surface area contributed by atoms with Gasteiger partial charge in [0.15, 0.2) is 5.58 Å². The van der Waals surface area contributed by atoms with E-state index in [-0.39, 0.29) is 0 Å². The van der Waals surface area contributed by atoms with Crippen LogP contribution >= 0.6 is 0 Å². The molecule has 12 aromatic rings. The molecule has 0 fully saturated rings. The van der Waals surface area contributed by atoms with Gasteiger partial charge in [0.25, 0.3) is 0 Å².